The van der Waals surface area contributed by atoms with Crippen molar-refractivity contribution in [1.82, 2.24) is 5.32 Å². The minimum Gasteiger partial charge on any atom is -0.463 e. The van der Waals surface area contributed by atoms with E-state index in [1.54, 1.807) is 13.8 Å². The first-order chi connectivity index (χ1) is 9.36. The van der Waals surface area contributed by atoms with Crippen molar-refractivity contribution >= 4 is 18.0 Å². The molecule has 0 aromatic carbocycles. The molecular weight excluding hydrogens is 266 g/mol. The molecule has 0 aromatic heterocycles. The van der Waals surface area contributed by atoms with E-state index in [1.165, 1.54) is 0 Å². The highest BCUT2D eigenvalue weighted by Gasteiger charge is 2.30. The van der Waals surface area contributed by atoms with Crippen molar-refractivity contribution in [2.75, 3.05) is 19.8 Å². The molecule has 1 unspecified atom stereocenters. The monoisotopic (exact) mass is 287 g/mol. The van der Waals surface area contributed by atoms with E-state index in [9.17, 15) is 14.4 Å². The number of ether oxygens (including phenoxy) is 3. The van der Waals surface area contributed by atoms with Gasteiger partial charge in [0.1, 0.15) is 6.61 Å². The fraction of sp³-hybridized carbons (Fsp3) is 0.769. The third-order valence-corrected chi connectivity index (χ3v) is 3.18. The van der Waals surface area contributed by atoms with Crippen LogP contribution in [0.4, 0.5) is 4.79 Å². The van der Waals surface area contributed by atoms with Crippen LogP contribution >= 0.6 is 0 Å². The Kier molecular flexibility index (Phi) is 5.79. The van der Waals surface area contributed by atoms with Crippen LogP contribution in [0.5, 0.6) is 0 Å². The molecule has 0 saturated carbocycles. The van der Waals surface area contributed by atoms with Crippen molar-refractivity contribution in [1.29, 1.82) is 0 Å². The van der Waals surface area contributed by atoms with Gasteiger partial charge in [-0.15, -0.1) is 0 Å². The van der Waals surface area contributed by atoms with Crippen LogP contribution < -0.4 is 5.32 Å². The van der Waals surface area contributed by atoms with Crippen LogP contribution in [0.15, 0.2) is 0 Å². The standard InChI is InChI=1S/C13H21NO6/c1-4-13(2,3)11(16)19-8-6-14-12(17)20-9-5-7-18-10(9)15/h9H,4-8H2,1-3H3,(H,14,17). The lowest BCUT2D eigenvalue weighted by Crippen LogP contribution is -2.34. The van der Waals surface area contributed by atoms with E-state index in [1.807, 2.05) is 6.92 Å². The Labute approximate surface area is 117 Å². The van der Waals surface area contributed by atoms with Crippen LogP contribution in [-0.2, 0) is 23.8 Å². The minimum absolute atomic E-state index is 0.0620. The third-order valence-electron chi connectivity index (χ3n) is 3.18. The van der Waals surface area contributed by atoms with Gasteiger partial charge in [-0.1, -0.05) is 6.92 Å². The van der Waals surface area contributed by atoms with Crippen LogP contribution in [-0.4, -0.2) is 43.9 Å². The van der Waals surface area contributed by atoms with Crippen molar-refractivity contribution in [3.63, 3.8) is 0 Å². The van der Waals surface area contributed by atoms with E-state index in [0.717, 1.165) is 0 Å². The zero-order valence-electron chi connectivity index (χ0n) is 12.1. The van der Waals surface area contributed by atoms with Crippen molar-refractivity contribution in [3.05, 3.63) is 0 Å². The number of hydrogen-bond acceptors (Lipinski definition) is 6. The average molecular weight is 287 g/mol. The van der Waals surface area contributed by atoms with Crippen LogP contribution in [0.25, 0.3) is 0 Å². The highest BCUT2D eigenvalue weighted by atomic mass is 16.6. The van der Waals surface area contributed by atoms with Crippen LogP contribution in [0.3, 0.4) is 0 Å². The van der Waals surface area contributed by atoms with Gasteiger partial charge < -0.3 is 19.5 Å². The van der Waals surface area contributed by atoms with Gasteiger partial charge in [-0.05, 0) is 20.3 Å². The van der Waals surface area contributed by atoms with Gasteiger partial charge in [0.2, 0.25) is 6.10 Å². The van der Waals surface area contributed by atoms with E-state index in [2.05, 4.69) is 10.1 Å². The molecule has 1 heterocycles. The summed E-state index contributed by atoms with van der Waals surface area (Å²) in [6.07, 6.45) is -0.520. The van der Waals surface area contributed by atoms with E-state index in [-0.39, 0.29) is 25.7 Å². The predicted octanol–water partition coefficient (Wildman–Crippen LogP) is 1.01. The maximum Gasteiger partial charge on any atom is 0.408 e. The van der Waals surface area contributed by atoms with Crippen LogP contribution in [0.1, 0.15) is 33.6 Å². The number of cyclic esters (lactones) is 1. The minimum atomic E-state index is -0.837. The molecule has 0 bridgehead atoms. The summed E-state index contributed by atoms with van der Waals surface area (Å²) in [5, 5.41) is 2.41. The normalized spacial score (nSPS) is 18.4. The highest BCUT2D eigenvalue weighted by Crippen LogP contribution is 2.21. The Morgan fingerprint density at radius 2 is 2.15 bits per heavy atom. The fourth-order valence-electron chi connectivity index (χ4n) is 1.39. The molecule has 20 heavy (non-hydrogen) atoms. The largest absolute Gasteiger partial charge is 0.463 e. The first-order valence-electron chi connectivity index (χ1n) is 6.65. The number of nitrogens with one attached hydrogen (secondary N) is 1. The molecular formula is C13H21NO6. The van der Waals surface area contributed by atoms with Crippen molar-refractivity contribution in [2.45, 2.75) is 39.7 Å². The van der Waals surface area contributed by atoms with Gasteiger partial charge in [0.25, 0.3) is 0 Å². The average Bonchev–Trinajstić information content (AvgIpc) is 2.80. The number of alkyl carbamates (subject to hydrolysis) is 1. The SMILES string of the molecule is CCC(C)(C)C(=O)OCCNC(=O)OC1CCOC1=O. The zero-order chi connectivity index (χ0) is 15.2. The second kappa shape index (κ2) is 7.12. The summed E-state index contributed by atoms with van der Waals surface area (Å²) in [5.41, 5.74) is -0.534. The summed E-state index contributed by atoms with van der Waals surface area (Å²) in [6.45, 7) is 5.95. The van der Waals surface area contributed by atoms with E-state index in [4.69, 9.17) is 9.47 Å². The molecule has 0 spiro atoms. The smallest absolute Gasteiger partial charge is 0.408 e. The van der Waals surface area contributed by atoms with Gasteiger partial charge in [-0.3, -0.25) is 4.79 Å². The van der Waals surface area contributed by atoms with Gasteiger partial charge in [0, 0.05) is 6.42 Å². The Morgan fingerprint density at radius 3 is 2.70 bits per heavy atom. The van der Waals surface area contributed by atoms with E-state index < -0.39 is 23.6 Å². The Balaban J connectivity index is 2.16. The second-order valence-electron chi connectivity index (χ2n) is 5.15. The fourth-order valence-corrected chi connectivity index (χ4v) is 1.39. The molecule has 1 amide bonds. The molecule has 7 nitrogen and oxygen atoms in total. The lowest BCUT2D eigenvalue weighted by atomic mass is 9.91. The summed E-state index contributed by atoms with van der Waals surface area (Å²) in [7, 11) is 0. The number of rotatable bonds is 6. The Hall–Kier alpha value is -1.79. The molecule has 114 valence electrons. The lowest BCUT2D eigenvalue weighted by Gasteiger charge is -2.20. The summed E-state index contributed by atoms with van der Waals surface area (Å²) in [6, 6.07) is 0. The highest BCUT2D eigenvalue weighted by molar-refractivity contribution is 5.80. The van der Waals surface area contributed by atoms with Crippen molar-refractivity contribution in [3.8, 4) is 0 Å². The summed E-state index contributed by atoms with van der Waals surface area (Å²) >= 11 is 0. The number of amides is 1. The number of esters is 2. The molecule has 0 radical (unpaired) electrons. The van der Waals surface area contributed by atoms with Crippen molar-refractivity contribution in [2.24, 2.45) is 5.41 Å². The molecule has 1 saturated heterocycles. The number of carbonyl (C=O) groups is 3. The van der Waals surface area contributed by atoms with Gasteiger partial charge in [0.15, 0.2) is 0 Å². The van der Waals surface area contributed by atoms with Gasteiger partial charge >= 0.3 is 18.0 Å². The molecule has 1 rings (SSSR count). The molecule has 1 aliphatic heterocycles. The lowest BCUT2D eigenvalue weighted by molar-refractivity contribution is -0.153. The molecule has 1 fully saturated rings. The van der Waals surface area contributed by atoms with E-state index >= 15 is 0 Å². The number of hydrogen-bond donors (Lipinski definition) is 1. The molecule has 1 aliphatic rings. The second-order valence-corrected chi connectivity index (χ2v) is 5.15. The van der Waals surface area contributed by atoms with Gasteiger partial charge in [0.05, 0.1) is 18.6 Å². The maximum absolute atomic E-state index is 11.6. The maximum atomic E-state index is 11.6. The molecule has 0 aromatic rings. The molecule has 7 heteroatoms. The quantitative estimate of drug-likeness (QED) is 0.445. The zero-order valence-corrected chi connectivity index (χ0v) is 12.1. The molecule has 1 atom stereocenters. The van der Waals surface area contributed by atoms with Crippen LogP contribution in [0.2, 0.25) is 0 Å². The predicted molar refractivity (Wildman–Crippen MR) is 68.9 cm³/mol. The molecule has 0 aliphatic carbocycles. The van der Waals surface area contributed by atoms with Gasteiger partial charge in [-0.25, -0.2) is 9.59 Å². The van der Waals surface area contributed by atoms with Gasteiger partial charge in [-0.2, -0.15) is 0 Å². The van der Waals surface area contributed by atoms with E-state index in [0.29, 0.717) is 12.8 Å². The number of carbonyl (C=O) groups excluding carboxylic acids is 3. The Bertz CT molecular complexity index is 379. The first kappa shape index (κ1) is 16.3. The topological polar surface area (TPSA) is 90.9 Å². The summed E-state index contributed by atoms with van der Waals surface area (Å²) < 4.78 is 14.6. The van der Waals surface area contributed by atoms with Crippen molar-refractivity contribution < 1.29 is 28.6 Å². The third kappa shape index (κ3) is 4.71. The molecule has 1 N–H and O–H groups in total. The van der Waals surface area contributed by atoms with Crippen LogP contribution in [0, 0.1) is 5.41 Å². The summed E-state index contributed by atoms with van der Waals surface area (Å²) in [5.74, 6) is -0.842. The Morgan fingerprint density at radius 1 is 1.45 bits per heavy atom. The summed E-state index contributed by atoms with van der Waals surface area (Å²) in [4.78, 5) is 34.1. The first-order valence-corrected chi connectivity index (χ1v) is 6.65.